The molecule has 2 rings (SSSR count). The highest BCUT2D eigenvalue weighted by Gasteiger charge is 2.26. The van der Waals surface area contributed by atoms with Crippen molar-refractivity contribution >= 4 is 11.6 Å². The highest BCUT2D eigenvalue weighted by molar-refractivity contribution is 5.96. The summed E-state index contributed by atoms with van der Waals surface area (Å²) in [5.74, 6) is -0.432. The molecule has 0 aromatic heterocycles. The molecule has 0 saturated carbocycles. The SMILES string of the molecule is CN(C(=O)[C@@H]1CCCN1)c1ccccc1F. The molecule has 16 heavy (non-hydrogen) atoms. The topological polar surface area (TPSA) is 32.3 Å². The second-order valence-corrected chi connectivity index (χ2v) is 4.00. The molecule has 3 nitrogen and oxygen atoms in total. The Balaban J connectivity index is 2.15. The van der Waals surface area contributed by atoms with E-state index in [0.29, 0.717) is 5.69 Å². The number of para-hydroxylation sites is 1. The van der Waals surface area contributed by atoms with Crippen molar-refractivity contribution in [2.45, 2.75) is 18.9 Å². The van der Waals surface area contributed by atoms with E-state index >= 15 is 0 Å². The maximum atomic E-state index is 13.5. The van der Waals surface area contributed by atoms with Crippen LogP contribution in [0.3, 0.4) is 0 Å². The van der Waals surface area contributed by atoms with Gasteiger partial charge in [-0.15, -0.1) is 0 Å². The number of benzene rings is 1. The second-order valence-electron chi connectivity index (χ2n) is 4.00. The number of likely N-dealkylation sites (N-methyl/N-ethyl adjacent to an activating group) is 1. The van der Waals surface area contributed by atoms with Gasteiger partial charge < -0.3 is 10.2 Å². The number of rotatable bonds is 2. The Morgan fingerprint density at radius 1 is 1.50 bits per heavy atom. The van der Waals surface area contributed by atoms with Crippen LogP contribution in [-0.4, -0.2) is 25.5 Å². The smallest absolute Gasteiger partial charge is 0.243 e. The van der Waals surface area contributed by atoms with Crippen LogP contribution >= 0.6 is 0 Å². The molecule has 1 saturated heterocycles. The third kappa shape index (κ3) is 2.07. The van der Waals surface area contributed by atoms with Crippen molar-refractivity contribution in [2.75, 3.05) is 18.5 Å². The molecule has 1 fully saturated rings. The van der Waals surface area contributed by atoms with Crippen LogP contribution in [-0.2, 0) is 4.79 Å². The van der Waals surface area contributed by atoms with E-state index in [-0.39, 0.29) is 17.8 Å². The Morgan fingerprint density at radius 2 is 2.25 bits per heavy atom. The first-order valence-electron chi connectivity index (χ1n) is 5.45. The number of halogens is 1. The van der Waals surface area contributed by atoms with Crippen molar-refractivity contribution < 1.29 is 9.18 Å². The van der Waals surface area contributed by atoms with Crippen molar-refractivity contribution in [2.24, 2.45) is 0 Å². The molecule has 0 unspecified atom stereocenters. The van der Waals surface area contributed by atoms with Gasteiger partial charge >= 0.3 is 0 Å². The molecular formula is C12H15FN2O. The van der Waals surface area contributed by atoms with Crippen LogP contribution in [0, 0.1) is 5.82 Å². The van der Waals surface area contributed by atoms with Gasteiger partial charge in [-0.2, -0.15) is 0 Å². The monoisotopic (exact) mass is 222 g/mol. The Labute approximate surface area is 94.3 Å². The van der Waals surface area contributed by atoms with Gasteiger partial charge in [0.25, 0.3) is 0 Å². The van der Waals surface area contributed by atoms with Gasteiger partial charge in [0.05, 0.1) is 11.7 Å². The van der Waals surface area contributed by atoms with E-state index in [9.17, 15) is 9.18 Å². The molecule has 1 amide bonds. The molecule has 1 aliphatic rings. The largest absolute Gasteiger partial charge is 0.311 e. The van der Waals surface area contributed by atoms with Crippen molar-refractivity contribution in [3.63, 3.8) is 0 Å². The van der Waals surface area contributed by atoms with E-state index in [1.54, 1.807) is 25.2 Å². The molecule has 1 N–H and O–H groups in total. The lowest BCUT2D eigenvalue weighted by atomic mass is 10.2. The van der Waals surface area contributed by atoms with Gasteiger partial charge in [0.15, 0.2) is 0 Å². The summed E-state index contributed by atoms with van der Waals surface area (Å²) in [5, 5.41) is 3.11. The lowest BCUT2D eigenvalue weighted by Gasteiger charge is -2.21. The zero-order valence-electron chi connectivity index (χ0n) is 9.24. The fourth-order valence-electron chi connectivity index (χ4n) is 1.97. The molecule has 1 heterocycles. The van der Waals surface area contributed by atoms with Gasteiger partial charge in [0.2, 0.25) is 5.91 Å². The molecule has 0 aliphatic carbocycles. The summed E-state index contributed by atoms with van der Waals surface area (Å²) >= 11 is 0. The molecule has 86 valence electrons. The fraction of sp³-hybridized carbons (Fsp3) is 0.417. The minimum atomic E-state index is -0.364. The first-order chi connectivity index (χ1) is 7.70. The quantitative estimate of drug-likeness (QED) is 0.823. The van der Waals surface area contributed by atoms with Gasteiger partial charge in [-0.1, -0.05) is 12.1 Å². The number of hydrogen-bond donors (Lipinski definition) is 1. The first-order valence-corrected chi connectivity index (χ1v) is 5.45. The summed E-state index contributed by atoms with van der Waals surface area (Å²) in [6, 6.07) is 6.16. The predicted molar refractivity (Wildman–Crippen MR) is 60.8 cm³/mol. The molecule has 1 atom stereocenters. The van der Waals surface area contributed by atoms with Crippen molar-refractivity contribution in [1.29, 1.82) is 0 Å². The van der Waals surface area contributed by atoms with Crippen LogP contribution in [0.25, 0.3) is 0 Å². The second kappa shape index (κ2) is 4.61. The average Bonchev–Trinajstić information content (AvgIpc) is 2.81. The Kier molecular flexibility index (Phi) is 3.19. The Morgan fingerprint density at radius 3 is 2.88 bits per heavy atom. The van der Waals surface area contributed by atoms with Crippen molar-refractivity contribution in [3.8, 4) is 0 Å². The summed E-state index contributed by atoms with van der Waals surface area (Å²) in [6.07, 6.45) is 1.83. The zero-order chi connectivity index (χ0) is 11.5. The van der Waals surface area contributed by atoms with Crippen LogP contribution in [0.1, 0.15) is 12.8 Å². The first kappa shape index (κ1) is 11.1. The van der Waals surface area contributed by atoms with E-state index in [2.05, 4.69) is 5.32 Å². The maximum Gasteiger partial charge on any atom is 0.243 e. The molecular weight excluding hydrogens is 207 g/mol. The minimum Gasteiger partial charge on any atom is -0.311 e. The Hall–Kier alpha value is -1.42. The van der Waals surface area contributed by atoms with Crippen LogP contribution in [0.4, 0.5) is 10.1 Å². The third-order valence-corrected chi connectivity index (χ3v) is 2.90. The predicted octanol–water partition coefficient (Wildman–Crippen LogP) is 1.54. The van der Waals surface area contributed by atoms with Gasteiger partial charge in [0.1, 0.15) is 5.82 Å². The van der Waals surface area contributed by atoms with Crippen molar-refractivity contribution in [3.05, 3.63) is 30.1 Å². The minimum absolute atomic E-state index is 0.0670. The number of nitrogens with zero attached hydrogens (tertiary/aromatic N) is 1. The van der Waals surface area contributed by atoms with E-state index in [1.165, 1.54) is 11.0 Å². The van der Waals surface area contributed by atoms with Gasteiger partial charge in [-0.05, 0) is 31.5 Å². The highest BCUT2D eigenvalue weighted by Crippen LogP contribution is 2.19. The molecule has 1 aromatic rings. The summed E-state index contributed by atoms with van der Waals surface area (Å²) in [4.78, 5) is 13.4. The lowest BCUT2D eigenvalue weighted by Crippen LogP contribution is -2.42. The van der Waals surface area contributed by atoms with E-state index in [0.717, 1.165) is 19.4 Å². The average molecular weight is 222 g/mol. The van der Waals surface area contributed by atoms with Gasteiger partial charge in [-0.25, -0.2) is 4.39 Å². The summed E-state index contributed by atoms with van der Waals surface area (Å²) in [7, 11) is 1.61. The van der Waals surface area contributed by atoms with Crippen molar-refractivity contribution in [1.82, 2.24) is 5.32 Å². The zero-order valence-corrected chi connectivity index (χ0v) is 9.24. The Bertz CT molecular complexity index is 388. The number of anilines is 1. The van der Waals surface area contributed by atoms with E-state index in [1.807, 2.05) is 0 Å². The molecule has 1 aliphatic heterocycles. The van der Waals surface area contributed by atoms with Crippen LogP contribution in [0.2, 0.25) is 0 Å². The fourth-order valence-corrected chi connectivity index (χ4v) is 1.97. The van der Waals surface area contributed by atoms with E-state index in [4.69, 9.17) is 0 Å². The van der Waals surface area contributed by atoms with E-state index < -0.39 is 0 Å². The number of hydrogen-bond acceptors (Lipinski definition) is 2. The molecule has 0 bridgehead atoms. The van der Waals surface area contributed by atoms with Gasteiger partial charge in [0, 0.05) is 7.05 Å². The van der Waals surface area contributed by atoms with Crippen LogP contribution < -0.4 is 10.2 Å². The number of amides is 1. The normalized spacial score (nSPS) is 19.8. The molecule has 0 spiro atoms. The molecule has 1 aromatic carbocycles. The number of nitrogens with one attached hydrogen (secondary N) is 1. The molecule has 4 heteroatoms. The maximum absolute atomic E-state index is 13.5. The van der Waals surface area contributed by atoms with Gasteiger partial charge in [-0.3, -0.25) is 4.79 Å². The third-order valence-electron chi connectivity index (χ3n) is 2.90. The summed E-state index contributed by atoms with van der Waals surface area (Å²) in [5.41, 5.74) is 0.334. The lowest BCUT2D eigenvalue weighted by molar-refractivity contribution is -0.120. The number of carbonyl (C=O) groups is 1. The van der Waals surface area contributed by atoms with Crippen LogP contribution in [0.15, 0.2) is 24.3 Å². The molecule has 0 radical (unpaired) electrons. The van der Waals surface area contributed by atoms with Crippen LogP contribution in [0.5, 0.6) is 0 Å². The highest BCUT2D eigenvalue weighted by atomic mass is 19.1. The summed E-state index contributed by atoms with van der Waals surface area (Å²) in [6.45, 7) is 0.863. The summed E-state index contributed by atoms with van der Waals surface area (Å²) < 4.78 is 13.5. The number of carbonyl (C=O) groups excluding carboxylic acids is 1. The standard InChI is InChI=1S/C12H15FN2O/c1-15(11-7-3-2-5-9(11)13)12(16)10-6-4-8-14-10/h2-3,5,7,10,14H,4,6,8H2,1H3/t10-/m0/s1.